The van der Waals surface area contributed by atoms with E-state index in [1.807, 2.05) is 0 Å². The van der Waals surface area contributed by atoms with Crippen LogP contribution in [0.5, 0.6) is 0 Å². The number of nitrogens with one attached hydrogen (secondary N) is 1. The normalized spacial score (nSPS) is 28.2. The van der Waals surface area contributed by atoms with Crippen molar-refractivity contribution in [2.75, 3.05) is 6.61 Å². The minimum absolute atomic E-state index is 0.0772. The summed E-state index contributed by atoms with van der Waals surface area (Å²) < 4.78 is 0. The van der Waals surface area contributed by atoms with Gasteiger partial charge in [0.15, 0.2) is 0 Å². The molecule has 0 aliphatic heterocycles. The van der Waals surface area contributed by atoms with Gasteiger partial charge in [0.1, 0.15) is 0 Å². The van der Waals surface area contributed by atoms with Gasteiger partial charge in [0.25, 0.3) is 0 Å². The first-order chi connectivity index (χ1) is 5.24. The molecule has 0 aromatic heterocycles. The van der Waals surface area contributed by atoms with Gasteiger partial charge >= 0.3 is 0 Å². The fourth-order valence-corrected chi connectivity index (χ4v) is 1.04. The number of carbonyl (C=O) groups is 1. The molecule has 64 valence electrons. The molecular formula is C8H15NO2. The van der Waals surface area contributed by atoms with E-state index in [4.69, 9.17) is 5.11 Å². The molecule has 1 aliphatic rings. The summed E-state index contributed by atoms with van der Waals surface area (Å²) in [5, 5.41) is 11.3. The van der Waals surface area contributed by atoms with Crippen LogP contribution in [0.15, 0.2) is 0 Å². The molecular weight excluding hydrogens is 142 g/mol. The molecule has 1 aliphatic carbocycles. The average molecular weight is 157 g/mol. The Balaban J connectivity index is 2.02. The van der Waals surface area contributed by atoms with Crippen molar-refractivity contribution in [3.05, 3.63) is 0 Å². The molecule has 11 heavy (non-hydrogen) atoms. The van der Waals surface area contributed by atoms with E-state index in [1.165, 1.54) is 0 Å². The highest BCUT2D eigenvalue weighted by atomic mass is 16.3. The Bertz CT molecular complexity index is 147. The van der Waals surface area contributed by atoms with E-state index < -0.39 is 0 Å². The summed E-state index contributed by atoms with van der Waals surface area (Å²) in [5.74, 6) is 0.737. The number of aliphatic hydroxyl groups excluding tert-OH is 1. The highest BCUT2D eigenvalue weighted by molar-refractivity contribution is 5.76. The Hall–Kier alpha value is -0.570. The quantitative estimate of drug-likeness (QED) is 0.616. The Morgan fingerprint density at radius 3 is 2.82 bits per heavy atom. The maximum Gasteiger partial charge on any atom is 0.220 e. The third-order valence-corrected chi connectivity index (χ3v) is 2.02. The van der Waals surface area contributed by atoms with Gasteiger partial charge in [0.2, 0.25) is 5.91 Å². The molecule has 0 spiro atoms. The first-order valence-electron chi connectivity index (χ1n) is 4.14. The molecule has 1 rings (SSSR count). The van der Waals surface area contributed by atoms with Gasteiger partial charge in [-0.05, 0) is 18.8 Å². The monoisotopic (exact) mass is 157 g/mol. The smallest absolute Gasteiger partial charge is 0.220 e. The SMILES string of the molecule is CC1CC1NC(=O)CCCO. The zero-order chi connectivity index (χ0) is 8.27. The summed E-state index contributed by atoms with van der Waals surface area (Å²) in [6.07, 6.45) is 2.15. The predicted octanol–water partition coefficient (Wildman–Crippen LogP) is 0.283. The van der Waals surface area contributed by atoms with Crippen LogP contribution in [-0.4, -0.2) is 23.7 Å². The van der Waals surface area contributed by atoms with E-state index >= 15 is 0 Å². The number of amides is 1. The summed E-state index contributed by atoms with van der Waals surface area (Å²) in [6.45, 7) is 2.23. The standard InChI is InChI=1S/C8H15NO2/c1-6-5-7(6)9-8(11)3-2-4-10/h6-7,10H,2-5H2,1H3,(H,9,11). The van der Waals surface area contributed by atoms with Gasteiger partial charge in [-0.1, -0.05) is 6.92 Å². The molecule has 2 N–H and O–H groups in total. The Morgan fingerprint density at radius 2 is 2.36 bits per heavy atom. The van der Waals surface area contributed by atoms with Crippen LogP contribution in [0.25, 0.3) is 0 Å². The number of carbonyl (C=O) groups excluding carboxylic acids is 1. The molecule has 2 unspecified atom stereocenters. The van der Waals surface area contributed by atoms with Gasteiger partial charge in [0, 0.05) is 19.1 Å². The van der Waals surface area contributed by atoms with Crippen LogP contribution in [0.2, 0.25) is 0 Å². The van der Waals surface area contributed by atoms with Crippen LogP contribution in [0.3, 0.4) is 0 Å². The van der Waals surface area contributed by atoms with Gasteiger partial charge in [-0.25, -0.2) is 0 Å². The van der Waals surface area contributed by atoms with Gasteiger partial charge in [-0.15, -0.1) is 0 Å². The fourth-order valence-electron chi connectivity index (χ4n) is 1.04. The van der Waals surface area contributed by atoms with E-state index in [9.17, 15) is 4.79 Å². The number of hydrogen-bond acceptors (Lipinski definition) is 2. The third kappa shape index (κ3) is 2.89. The van der Waals surface area contributed by atoms with Crippen molar-refractivity contribution < 1.29 is 9.90 Å². The molecule has 1 saturated carbocycles. The second-order valence-electron chi connectivity index (χ2n) is 3.21. The molecule has 0 radical (unpaired) electrons. The Kier molecular flexibility index (Phi) is 2.88. The molecule has 1 amide bonds. The van der Waals surface area contributed by atoms with Crippen molar-refractivity contribution in [2.24, 2.45) is 5.92 Å². The lowest BCUT2D eigenvalue weighted by molar-refractivity contribution is -0.121. The molecule has 0 aromatic rings. The van der Waals surface area contributed by atoms with Crippen molar-refractivity contribution in [1.29, 1.82) is 0 Å². The molecule has 0 heterocycles. The van der Waals surface area contributed by atoms with Gasteiger partial charge in [-0.3, -0.25) is 4.79 Å². The molecule has 0 saturated heterocycles. The van der Waals surface area contributed by atoms with Crippen LogP contribution in [0.4, 0.5) is 0 Å². The fraction of sp³-hybridized carbons (Fsp3) is 0.875. The number of rotatable bonds is 4. The second-order valence-corrected chi connectivity index (χ2v) is 3.21. The van der Waals surface area contributed by atoms with E-state index in [0.717, 1.165) is 6.42 Å². The molecule has 2 atom stereocenters. The van der Waals surface area contributed by atoms with Crippen LogP contribution >= 0.6 is 0 Å². The summed E-state index contributed by atoms with van der Waals surface area (Å²) in [5.41, 5.74) is 0. The molecule has 3 heteroatoms. The average Bonchev–Trinajstić information content (AvgIpc) is 2.62. The minimum atomic E-state index is 0.0772. The van der Waals surface area contributed by atoms with Crippen LogP contribution in [0, 0.1) is 5.92 Å². The largest absolute Gasteiger partial charge is 0.396 e. The maximum absolute atomic E-state index is 11.0. The Labute approximate surface area is 66.8 Å². The minimum Gasteiger partial charge on any atom is -0.396 e. The van der Waals surface area contributed by atoms with Crippen molar-refractivity contribution in [1.82, 2.24) is 5.32 Å². The van der Waals surface area contributed by atoms with Gasteiger partial charge in [-0.2, -0.15) is 0 Å². The molecule has 0 aromatic carbocycles. The predicted molar refractivity (Wildman–Crippen MR) is 42.0 cm³/mol. The van der Waals surface area contributed by atoms with Crippen LogP contribution in [-0.2, 0) is 4.79 Å². The van der Waals surface area contributed by atoms with E-state index in [1.54, 1.807) is 0 Å². The maximum atomic E-state index is 11.0. The summed E-state index contributed by atoms with van der Waals surface area (Å²) in [4.78, 5) is 11.0. The van der Waals surface area contributed by atoms with Crippen LogP contribution in [0.1, 0.15) is 26.2 Å². The zero-order valence-corrected chi connectivity index (χ0v) is 6.84. The van der Waals surface area contributed by atoms with Gasteiger partial charge < -0.3 is 10.4 Å². The van der Waals surface area contributed by atoms with Crippen molar-refractivity contribution in [2.45, 2.75) is 32.2 Å². The van der Waals surface area contributed by atoms with Crippen molar-refractivity contribution in [3.63, 3.8) is 0 Å². The first kappa shape index (κ1) is 8.53. The molecule has 3 nitrogen and oxygen atoms in total. The van der Waals surface area contributed by atoms with Gasteiger partial charge in [0.05, 0.1) is 0 Å². The van der Waals surface area contributed by atoms with Crippen molar-refractivity contribution >= 4 is 5.91 Å². The van der Waals surface area contributed by atoms with Crippen LogP contribution < -0.4 is 5.32 Å². The van der Waals surface area contributed by atoms with E-state index in [2.05, 4.69) is 12.2 Å². The lowest BCUT2D eigenvalue weighted by atomic mass is 10.3. The summed E-state index contributed by atoms with van der Waals surface area (Å²) in [7, 11) is 0. The zero-order valence-electron chi connectivity index (χ0n) is 6.84. The number of hydrogen-bond donors (Lipinski definition) is 2. The molecule has 0 bridgehead atoms. The van der Waals surface area contributed by atoms with E-state index in [-0.39, 0.29) is 12.5 Å². The topological polar surface area (TPSA) is 49.3 Å². The second kappa shape index (κ2) is 3.72. The Morgan fingerprint density at radius 1 is 1.73 bits per heavy atom. The highest BCUT2D eigenvalue weighted by Crippen LogP contribution is 2.28. The molecule has 1 fully saturated rings. The summed E-state index contributed by atoms with van der Waals surface area (Å²) in [6, 6.07) is 0.418. The van der Waals surface area contributed by atoms with E-state index in [0.29, 0.717) is 24.8 Å². The lowest BCUT2D eigenvalue weighted by Crippen LogP contribution is -2.26. The highest BCUT2D eigenvalue weighted by Gasteiger charge is 2.33. The lowest BCUT2D eigenvalue weighted by Gasteiger charge is -2.01. The van der Waals surface area contributed by atoms with Crippen molar-refractivity contribution in [3.8, 4) is 0 Å². The third-order valence-electron chi connectivity index (χ3n) is 2.02. The summed E-state index contributed by atoms with van der Waals surface area (Å²) >= 11 is 0. The first-order valence-corrected chi connectivity index (χ1v) is 4.14. The number of aliphatic hydroxyl groups is 1.